The van der Waals surface area contributed by atoms with Crippen molar-refractivity contribution in [1.82, 2.24) is 0 Å². The monoisotopic (exact) mass is 589 g/mol. The minimum atomic E-state index is -0.391. The summed E-state index contributed by atoms with van der Waals surface area (Å²) in [6.07, 6.45) is 4.04. The second kappa shape index (κ2) is 11.5. The first-order valence-electron chi connectivity index (χ1n) is 13.8. The molecule has 1 aromatic heterocycles. The Morgan fingerprint density at radius 1 is 0.881 bits per heavy atom. The third-order valence-corrected chi connectivity index (χ3v) is 8.09. The molecule has 0 saturated heterocycles. The molecule has 0 fully saturated rings. The summed E-state index contributed by atoms with van der Waals surface area (Å²) in [6, 6.07) is 12.5. The number of hydrogen-bond acceptors (Lipinski definition) is 8. The molecular weight excluding hydrogens is 558 g/mol. The van der Waals surface area contributed by atoms with Crippen LogP contribution in [0.5, 0.6) is 23.0 Å². The van der Waals surface area contributed by atoms with E-state index in [-0.39, 0.29) is 11.1 Å². The number of amides is 1. The number of anilines is 2. The van der Waals surface area contributed by atoms with Crippen molar-refractivity contribution in [2.45, 2.75) is 25.7 Å². The standard InChI is InChI=1S/C32H32ClN3O6/c1-38-25-10-9-20(15-28(25)41-4)34-31(37)22-14-19-13-18-7-5-11-36-12-6-8-21(29(18)36)30(19)42-32(22)35-24-16-23(33)26(39-2)17-27(24)40-3/h9-10,13-17H,5-8,11-12H2,1-4H3,(H,34,37). The minimum absolute atomic E-state index is 0.143. The molecule has 3 aromatic carbocycles. The van der Waals surface area contributed by atoms with Gasteiger partial charge in [-0.15, -0.1) is 0 Å². The Kier molecular flexibility index (Phi) is 7.60. The minimum Gasteiger partial charge on any atom is -0.495 e. The number of hydrogen-bond donors (Lipinski definition) is 1. The van der Waals surface area contributed by atoms with Crippen LogP contribution in [0.1, 0.15) is 34.3 Å². The smallest absolute Gasteiger partial charge is 0.261 e. The lowest BCUT2D eigenvalue weighted by Gasteiger charge is -2.37. The lowest BCUT2D eigenvalue weighted by molar-refractivity contribution is 0.102. The molecule has 0 unspecified atom stereocenters. The molecule has 1 amide bonds. The van der Waals surface area contributed by atoms with E-state index >= 15 is 0 Å². The molecular formula is C32H32ClN3O6. The third kappa shape index (κ3) is 4.98. The normalized spacial score (nSPS) is 14.4. The van der Waals surface area contributed by atoms with Gasteiger partial charge >= 0.3 is 0 Å². The molecule has 2 aliphatic heterocycles. The SMILES string of the molecule is COc1cc(OC)c(N=c2oc3c4c5c(cc3cc2C(=O)Nc2ccc(OC)c(OC)c2)CCCN5CCC4)cc1Cl. The first-order chi connectivity index (χ1) is 20.4. The first-order valence-corrected chi connectivity index (χ1v) is 14.2. The van der Waals surface area contributed by atoms with E-state index in [2.05, 4.69) is 16.3 Å². The number of ether oxygens (including phenoxy) is 4. The maximum absolute atomic E-state index is 13.9. The van der Waals surface area contributed by atoms with Crippen LogP contribution in [0.4, 0.5) is 17.1 Å². The Hall–Kier alpha value is -4.37. The van der Waals surface area contributed by atoms with Gasteiger partial charge < -0.3 is 33.6 Å². The average Bonchev–Trinajstić information content (AvgIpc) is 3.01. The summed E-state index contributed by atoms with van der Waals surface area (Å²) in [5.41, 5.74) is 5.80. The van der Waals surface area contributed by atoms with Gasteiger partial charge in [0.1, 0.15) is 28.3 Å². The maximum Gasteiger partial charge on any atom is 0.261 e. The number of aryl methyl sites for hydroxylation is 2. The fourth-order valence-corrected chi connectivity index (χ4v) is 6.09. The number of carbonyl (C=O) groups excluding carboxylic acids is 1. The van der Waals surface area contributed by atoms with Crippen LogP contribution in [-0.4, -0.2) is 47.4 Å². The predicted octanol–water partition coefficient (Wildman–Crippen LogP) is 6.30. The van der Waals surface area contributed by atoms with Gasteiger partial charge in [0.15, 0.2) is 11.5 Å². The van der Waals surface area contributed by atoms with Crippen LogP contribution in [0.2, 0.25) is 5.02 Å². The molecule has 0 saturated carbocycles. The molecule has 9 nitrogen and oxygen atoms in total. The molecule has 2 aliphatic rings. The zero-order chi connectivity index (χ0) is 29.4. The highest BCUT2D eigenvalue weighted by Gasteiger charge is 2.28. The maximum atomic E-state index is 13.9. The van der Waals surface area contributed by atoms with Gasteiger partial charge in [0.25, 0.3) is 5.91 Å². The van der Waals surface area contributed by atoms with Crippen LogP contribution in [0, 0.1) is 0 Å². The molecule has 3 heterocycles. The number of fused-ring (bicyclic) bond motifs is 2. The molecule has 0 radical (unpaired) electrons. The molecule has 0 spiro atoms. The van der Waals surface area contributed by atoms with E-state index in [9.17, 15) is 4.79 Å². The second-order valence-corrected chi connectivity index (χ2v) is 10.6. The molecule has 218 valence electrons. The van der Waals surface area contributed by atoms with E-state index in [1.54, 1.807) is 44.6 Å². The quantitative estimate of drug-likeness (QED) is 0.270. The van der Waals surface area contributed by atoms with Crippen molar-refractivity contribution >= 4 is 45.5 Å². The summed E-state index contributed by atoms with van der Waals surface area (Å²) < 4.78 is 28.3. The number of carbonyl (C=O) groups is 1. The highest BCUT2D eigenvalue weighted by molar-refractivity contribution is 6.32. The van der Waals surface area contributed by atoms with Gasteiger partial charge in [-0.2, -0.15) is 0 Å². The third-order valence-electron chi connectivity index (χ3n) is 7.79. The lowest BCUT2D eigenvalue weighted by Crippen LogP contribution is -2.34. The summed E-state index contributed by atoms with van der Waals surface area (Å²) in [4.78, 5) is 21.1. The molecule has 0 aliphatic carbocycles. The summed E-state index contributed by atoms with van der Waals surface area (Å²) in [6.45, 7) is 2.08. The zero-order valence-corrected chi connectivity index (χ0v) is 24.8. The van der Waals surface area contributed by atoms with Gasteiger partial charge in [-0.3, -0.25) is 4.79 Å². The van der Waals surface area contributed by atoms with E-state index in [4.69, 9.17) is 40.0 Å². The van der Waals surface area contributed by atoms with Gasteiger partial charge in [0, 0.05) is 47.5 Å². The molecule has 4 aromatic rings. The van der Waals surface area contributed by atoms with E-state index in [1.165, 1.54) is 25.5 Å². The van der Waals surface area contributed by atoms with E-state index in [1.807, 2.05) is 6.07 Å². The predicted molar refractivity (Wildman–Crippen MR) is 162 cm³/mol. The van der Waals surface area contributed by atoms with Gasteiger partial charge in [0.2, 0.25) is 5.55 Å². The summed E-state index contributed by atoms with van der Waals surface area (Å²) in [5.74, 6) is 1.54. The van der Waals surface area contributed by atoms with Crippen molar-refractivity contribution in [3.05, 3.63) is 69.7 Å². The summed E-state index contributed by atoms with van der Waals surface area (Å²) in [7, 11) is 6.17. The van der Waals surface area contributed by atoms with E-state index in [0.717, 1.165) is 55.3 Å². The van der Waals surface area contributed by atoms with Crippen molar-refractivity contribution in [1.29, 1.82) is 0 Å². The summed E-state index contributed by atoms with van der Waals surface area (Å²) in [5, 5.41) is 4.18. The van der Waals surface area contributed by atoms with Crippen LogP contribution in [0.15, 0.2) is 51.9 Å². The Labute approximate surface area is 248 Å². The highest BCUT2D eigenvalue weighted by Crippen LogP contribution is 2.41. The average molecular weight is 590 g/mol. The van der Waals surface area contributed by atoms with Crippen LogP contribution in [0.3, 0.4) is 0 Å². The van der Waals surface area contributed by atoms with Crippen molar-refractivity contribution in [2.24, 2.45) is 4.99 Å². The van der Waals surface area contributed by atoms with Gasteiger partial charge in [0.05, 0.1) is 33.5 Å². The van der Waals surface area contributed by atoms with Crippen LogP contribution < -0.4 is 34.7 Å². The highest BCUT2D eigenvalue weighted by atomic mass is 35.5. The zero-order valence-electron chi connectivity index (χ0n) is 24.0. The molecule has 42 heavy (non-hydrogen) atoms. The Balaban J connectivity index is 1.55. The Morgan fingerprint density at radius 3 is 2.36 bits per heavy atom. The number of nitrogens with zero attached hydrogens (tertiary/aromatic N) is 2. The van der Waals surface area contributed by atoms with Crippen molar-refractivity contribution in [2.75, 3.05) is 51.7 Å². The topological polar surface area (TPSA) is 94.8 Å². The van der Waals surface area contributed by atoms with E-state index in [0.29, 0.717) is 39.4 Å². The number of halogens is 1. The van der Waals surface area contributed by atoms with Crippen molar-refractivity contribution < 1.29 is 28.2 Å². The van der Waals surface area contributed by atoms with Gasteiger partial charge in [-0.25, -0.2) is 4.99 Å². The number of methoxy groups -OCH3 is 4. The van der Waals surface area contributed by atoms with Crippen LogP contribution >= 0.6 is 11.6 Å². The Morgan fingerprint density at radius 2 is 1.62 bits per heavy atom. The van der Waals surface area contributed by atoms with E-state index < -0.39 is 5.91 Å². The Bertz CT molecular complexity index is 1760. The van der Waals surface area contributed by atoms with Crippen LogP contribution in [-0.2, 0) is 12.8 Å². The molecule has 0 bridgehead atoms. The number of rotatable bonds is 7. The van der Waals surface area contributed by atoms with Crippen LogP contribution in [0.25, 0.3) is 11.0 Å². The van der Waals surface area contributed by atoms with Crippen molar-refractivity contribution in [3.8, 4) is 23.0 Å². The van der Waals surface area contributed by atoms with Gasteiger partial charge in [-0.05, 0) is 61.6 Å². The number of benzene rings is 3. The largest absolute Gasteiger partial charge is 0.495 e. The van der Waals surface area contributed by atoms with Crippen molar-refractivity contribution in [3.63, 3.8) is 0 Å². The second-order valence-electron chi connectivity index (χ2n) is 10.2. The molecule has 0 atom stereocenters. The lowest BCUT2D eigenvalue weighted by atomic mass is 9.90. The fraction of sp³-hybridized carbons (Fsp3) is 0.312. The molecule has 1 N–H and O–H groups in total. The number of nitrogens with one attached hydrogen (secondary N) is 1. The summed E-state index contributed by atoms with van der Waals surface area (Å²) >= 11 is 6.46. The fourth-order valence-electron chi connectivity index (χ4n) is 5.85. The first kappa shape index (κ1) is 27.8. The molecule has 10 heteroatoms. The molecule has 6 rings (SSSR count). The van der Waals surface area contributed by atoms with Gasteiger partial charge in [-0.1, -0.05) is 11.6 Å².